The molecular formula is CH3BIS. The van der Waals surface area contributed by atoms with E-state index in [9.17, 15) is 0 Å². The molecule has 0 aliphatic rings. The molecule has 0 atom stereocenters. The van der Waals surface area contributed by atoms with Crippen LogP contribution in [0.4, 0.5) is 0 Å². The van der Waals surface area contributed by atoms with Gasteiger partial charge in [0.05, 0.1) is 0 Å². The summed E-state index contributed by atoms with van der Waals surface area (Å²) in [6.45, 7) is 1.81. The van der Waals surface area contributed by atoms with Crippen LogP contribution in [0.2, 0.25) is 0 Å². The van der Waals surface area contributed by atoms with Gasteiger partial charge in [-0.05, 0) is 4.33 Å². The van der Waals surface area contributed by atoms with Gasteiger partial charge in [0.25, 0.3) is 0 Å². The van der Waals surface area contributed by atoms with Gasteiger partial charge in [0.2, 0.25) is 0 Å². The Balaban J connectivity index is 1.97. The number of halogens is 1. The summed E-state index contributed by atoms with van der Waals surface area (Å²) in [6.07, 6.45) is 0. The third kappa shape index (κ3) is 3.14. The molecule has 0 nitrogen and oxygen atoms in total. The van der Waals surface area contributed by atoms with E-state index in [1.54, 1.807) is 6.56 Å². The molecule has 0 aromatic rings. The average molecular weight is 185 g/mol. The quantitative estimate of drug-likeness (QED) is 0.267. The fraction of sp³-hybridized carbons (Fsp3) is 1.00. The summed E-state index contributed by atoms with van der Waals surface area (Å²) in [4.78, 5) is 0. The van der Waals surface area contributed by atoms with Gasteiger partial charge in [0.1, 0.15) is 0 Å². The zero-order valence-corrected chi connectivity index (χ0v) is 5.16. The highest BCUT2D eigenvalue weighted by atomic mass is 127. The number of hydrogen-bond donors (Lipinski definition) is 1. The topological polar surface area (TPSA) is 0 Å². The predicted octanol–water partition coefficient (Wildman–Crippen LogP) is 0.928. The van der Waals surface area contributed by atoms with E-state index in [1.807, 2.05) is 0 Å². The smallest absolute Gasteiger partial charge is 0.197 e. The van der Waals surface area contributed by atoms with Crippen molar-refractivity contribution in [3.8, 4) is 0 Å². The van der Waals surface area contributed by atoms with Crippen molar-refractivity contribution in [2.45, 2.75) is 0 Å². The van der Waals surface area contributed by atoms with Crippen LogP contribution in [0, 0.1) is 0 Å². The molecule has 23 valence electrons. The lowest BCUT2D eigenvalue weighted by atomic mass is 10.2. The van der Waals surface area contributed by atoms with Crippen molar-refractivity contribution in [3.05, 3.63) is 0 Å². The molecule has 0 spiro atoms. The Labute approximate surface area is 46.0 Å². The summed E-state index contributed by atoms with van der Waals surface area (Å²) in [5.74, 6) is 0. The second-order valence-corrected chi connectivity index (χ2v) is 1.58. The van der Waals surface area contributed by atoms with Gasteiger partial charge in [-0.2, -0.15) is 0 Å². The van der Waals surface area contributed by atoms with Crippen LogP contribution in [0.5, 0.6) is 0 Å². The molecule has 0 amide bonds. The molecule has 0 aliphatic carbocycles. The van der Waals surface area contributed by atoms with Crippen molar-refractivity contribution < 1.29 is 0 Å². The van der Waals surface area contributed by atoms with Gasteiger partial charge in [-0.25, -0.2) is 12.5 Å². The number of hydrogen-bond acceptors (Lipinski definition) is 1. The maximum absolute atomic E-state index is 3.79. The van der Waals surface area contributed by atoms with Crippen LogP contribution in [0.1, 0.15) is 0 Å². The first-order valence-electron chi connectivity index (χ1n) is 0.934. The number of thiol groups is 1. The standard InChI is InChI=1S/CH3BIS/c3-1-2-4/h4H,1H2. The summed E-state index contributed by atoms with van der Waals surface area (Å²) < 4.78 is 1.03. The Morgan fingerprint density at radius 2 is 2.25 bits per heavy atom. The van der Waals surface area contributed by atoms with Gasteiger partial charge < -0.3 is 0 Å². The van der Waals surface area contributed by atoms with E-state index < -0.39 is 0 Å². The summed E-state index contributed by atoms with van der Waals surface area (Å²) in [5, 5.41) is 0. The minimum absolute atomic E-state index is 1.03. The highest BCUT2D eigenvalue weighted by Crippen LogP contribution is 1.76. The molecular weight excluding hydrogens is 182 g/mol. The molecule has 1 radical (unpaired) electrons. The average Bonchev–Trinajstić information content (AvgIpc) is 1.37. The lowest BCUT2D eigenvalue weighted by molar-refractivity contribution is 2.36. The lowest BCUT2D eigenvalue weighted by Crippen LogP contribution is -1.70. The molecule has 3 heteroatoms. The first-order valence-corrected chi connectivity index (χ1v) is 2.98. The first-order chi connectivity index (χ1) is 1.91. The zero-order chi connectivity index (χ0) is 3.41. The maximum Gasteiger partial charge on any atom is 0.197 e. The van der Waals surface area contributed by atoms with E-state index in [1.165, 1.54) is 0 Å². The molecule has 0 rings (SSSR count). The summed E-state index contributed by atoms with van der Waals surface area (Å²) in [7, 11) is 0. The SMILES string of the molecule is S[B]CI. The normalized spacial score (nSPS) is 6.50. The zero-order valence-electron chi connectivity index (χ0n) is 2.11. The first kappa shape index (κ1) is 5.14. The fourth-order valence-electron chi connectivity index (χ4n) is 0. The van der Waals surface area contributed by atoms with Gasteiger partial charge in [-0.15, -0.1) is 0 Å². The fourth-order valence-corrected chi connectivity index (χ4v) is 0. The molecule has 4 heavy (non-hydrogen) atoms. The second kappa shape index (κ2) is 4.14. The maximum atomic E-state index is 3.79. The van der Waals surface area contributed by atoms with Gasteiger partial charge in [0, 0.05) is 0 Å². The van der Waals surface area contributed by atoms with Gasteiger partial charge in [-0.1, -0.05) is 22.6 Å². The van der Waals surface area contributed by atoms with Crippen LogP contribution in [-0.2, 0) is 0 Å². The Morgan fingerprint density at radius 1 is 2.00 bits per heavy atom. The molecule has 0 fully saturated rings. The van der Waals surface area contributed by atoms with Gasteiger partial charge >= 0.3 is 0 Å². The van der Waals surface area contributed by atoms with Crippen molar-refractivity contribution >= 4 is 41.6 Å². The van der Waals surface area contributed by atoms with Crippen LogP contribution >= 0.6 is 35.1 Å². The van der Waals surface area contributed by atoms with E-state index >= 15 is 0 Å². The van der Waals surface area contributed by atoms with Crippen LogP contribution in [0.25, 0.3) is 0 Å². The van der Waals surface area contributed by atoms with Crippen LogP contribution in [0.3, 0.4) is 0 Å². The molecule has 0 saturated heterocycles. The third-order valence-corrected chi connectivity index (χ3v) is 1.39. The largest absolute Gasteiger partial charge is 0.234 e. The van der Waals surface area contributed by atoms with Crippen molar-refractivity contribution in [2.24, 2.45) is 0 Å². The molecule has 0 saturated carbocycles. The van der Waals surface area contributed by atoms with Gasteiger partial charge in [-0.3, -0.25) is 0 Å². The molecule has 0 heterocycles. The highest BCUT2D eigenvalue weighted by molar-refractivity contribution is 14.1. The summed E-state index contributed by atoms with van der Waals surface area (Å²) >= 11 is 6.01. The highest BCUT2D eigenvalue weighted by Gasteiger charge is 1.65. The Hall–Kier alpha value is 1.14. The van der Waals surface area contributed by atoms with Crippen LogP contribution < -0.4 is 0 Å². The van der Waals surface area contributed by atoms with E-state index in [-0.39, 0.29) is 0 Å². The van der Waals surface area contributed by atoms with Gasteiger partial charge in [0.15, 0.2) is 6.56 Å². The molecule has 0 aromatic carbocycles. The molecule has 0 N–H and O–H groups in total. The minimum atomic E-state index is 1.03. The van der Waals surface area contributed by atoms with Crippen molar-refractivity contribution in [1.29, 1.82) is 0 Å². The van der Waals surface area contributed by atoms with E-state index in [0.717, 1.165) is 4.33 Å². The van der Waals surface area contributed by atoms with Crippen LogP contribution in [-0.4, -0.2) is 10.9 Å². The van der Waals surface area contributed by atoms with E-state index in [2.05, 4.69) is 35.1 Å². The number of rotatable bonds is 1. The van der Waals surface area contributed by atoms with Crippen molar-refractivity contribution in [1.82, 2.24) is 0 Å². The second-order valence-electron chi connectivity index (χ2n) is 0.337. The summed E-state index contributed by atoms with van der Waals surface area (Å²) in [6, 6.07) is 0. The summed E-state index contributed by atoms with van der Waals surface area (Å²) in [5.41, 5.74) is 0. The molecule has 0 unspecified atom stereocenters. The third-order valence-electron chi connectivity index (χ3n) is 0.0690. The Kier molecular flexibility index (Phi) is 5.33. The van der Waals surface area contributed by atoms with Crippen molar-refractivity contribution in [2.75, 3.05) is 4.33 Å². The number of alkyl halides is 1. The monoisotopic (exact) mass is 185 g/mol. The Morgan fingerprint density at radius 3 is 2.25 bits per heavy atom. The molecule has 0 bridgehead atoms. The lowest BCUT2D eigenvalue weighted by Gasteiger charge is -1.61. The Bertz CT molecular complexity index is 10.0. The minimum Gasteiger partial charge on any atom is -0.234 e. The molecule has 0 aliphatic heterocycles. The molecule has 0 aromatic heterocycles. The van der Waals surface area contributed by atoms with E-state index in [4.69, 9.17) is 0 Å². The predicted molar refractivity (Wildman–Crippen MR) is 33.6 cm³/mol. The van der Waals surface area contributed by atoms with Crippen LogP contribution in [0.15, 0.2) is 0 Å². The van der Waals surface area contributed by atoms with E-state index in [0.29, 0.717) is 0 Å². The van der Waals surface area contributed by atoms with Crippen molar-refractivity contribution in [3.63, 3.8) is 0 Å².